The first-order valence-electron chi connectivity index (χ1n) is 10.7. The van der Waals surface area contributed by atoms with E-state index in [0.717, 1.165) is 29.0 Å². The van der Waals surface area contributed by atoms with Gasteiger partial charge >= 0.3 is 6.18 Å². The molecule has 1 aliphatic carbocycles. The molecule has 1 saturated heterocycles. The van der Waals surface area contributed by atoms with Gasteiger partial charge in [0.1, 0.15) is 5.54 Å². The van der Waals surface area contributed by atoms with Crippen LogP contribution in [0.2, 0.25) is 0 Å². The van der Waals surface area contributed by atoms with Crippen LogP contribution in [0.3, 0.4) is 0 Å². The summed E-state index contributed by atoms with van der Waals surface area (Å²) in [6, 6.07) is 10.6. The maximum atomic E-state index is 13.5. The largest absolute Gasteiger partial charge is 0.407 e. The van der Waals surface area contributed by atoms with Crippen molar-refractivity contribution < 1.29 is 22.8 Å². The predicted octanol–water partition coefficient (Wildman–Crippen LogP) is 5.12. The Hall–Kier alpha value is -3.45. The minimum Gasteiger partial charge on any atom is -0.370 e. The summed E-state index contributed by atoms with van der Waals surface area (Å²) < 4.78 is 40.6. The van der Waals surface area contributed by atoms with Gasteiger partial charge in [-0.3, -0.25) is 14.5 Å². The molecule has 176 valence electrons. The zero-order valence-electron chi connectivity index (χ0n) is 18.1. The number of primary amides is 1. The molecule has 0 radical (unpaired) electrons. The third kappa shape index (κ3) is 4.01. The van der Waals surface area contributed by atoms with Crippen molar-refractivity contribution in [1.82, 2.24) is 0 Å². The Morgan fingerprint density at radius 3 is 2.32 bits per heavy atom. The molecule has 2 fully saturated rings. The van der Waals surface area contributed by atoms with Gasteiger partial charge in [-0.05, 0) is 74.2 Å². The first kappa shape index (κ1) is 23.7. The molecule has 2 aromatic rings. The number of aryl methyl sites for hydroxylation is 1. The summed E-state index contributed by atoms with van der Waals surface area (Å²) in [6.45, 7) is 7.04. The molecule has 2 amide bonds. The van der Waals surface area contributed by atoms with E-state index in [9.17, 15) is 22.8 Å². The highest BCUT2D eigenvalue weighted by atomic mass is 32.1. The standard InChI is InChI=1S/C24H21F3N4O2S/c1-29-19-11-10-17(14-18(19)24(25,26)27)30-21(33)23(12-3-13-23)31(22(30)34)16-8-6-15(7-9-16)4-2-5-20(28)32/h6-11,14H,2-5,12-13H2,(H2,28,32). The van der Waals surface area contributed by atoms with Crippen molar-refractivity contribution in [3.05, 3.63) is 65.0 Å². The van der Waals surface area contributed by atoms with Crippen LogP contribution in [0, 0.1) is 6.57 Å². The lowest BCUT2D eigenvalue weighted by molar-refractivity contribution is -0.137. The van der Waals surface area contributed by atoms with E-state index in [-0.39, 0.29) is 29.0 Å². The van der Waals surface area contributed by atoms with Crippen molar-refractivity contribution in [1.29, 1.82) is 0 Å². The Labute approximate surface area is 199 Å². The molecule has 0 aromatic heterocycles. The van der Waals surface area contributed by atoms with Crippen molar-refractivity contribution in [2.75, 3.05) is 9.80 Å². The van der Waals surface area contributed by atoms with Gasteiger partial charge in [0.2, 0.25) is 5.91 Å². The minimum atomic E-state index is -4.74. The number of anilines is 2. The monoisotopic (exact) mass is 486 g/mol. The molecule has 2 aromatic carbocycles. The molecule has 1 heterocycles. The Morgan fingerprint density at radius 2 is 1.79 bits per heavy atom. The first-order valence-corrected chi connectivity index (χ1v) is 11.1. The lowest BCUT2D eigenvalue weighted by Gasteiger charge is -2.43. The third-order valence-corrected chi connectivity index (χ3v) is 6.71. The van der Waals surface area contributed by atoms with Crippen LogP contribution >= 0.6 is 12.2 Å². The third-order valence-electron chi connectivity index (χ3n) is 6.34. The number of carbonyl (C=O) groups is 2. The summed E-state index contributed by atoms with van der Waals surface area (Å²) in [5.74, 6) is -0.722. The van der Waals surface area contributed by atoms with Gasteiger partial charge < -0.3 is 10.6 Å². The number of halogens is 3. The second kappa shape index (κ2) is 8.72. The van der Waals surface area contributed by atoms with E-state index < -0.39 is 23.0 Å². The number of nitrogens with two attached hydrogens (primary N) is 1. The van der Waals surface area contributed by atoms with Crippen LogP contribution in [0.25, 0.3) is 4.85 Å². The quantitative estimate of drug-likeness (QED) is 0.454. The highest BCUT2D eigenvalue weighted by Crippen LogP contribution is 2.48. The van der Waals surface area contributed by atoms with Crippen molar-refractivity contribution in [2.24, 2.45) is 5.73 Å². The molecular weight excluding hydrogens is 465 g/mol. The van der Waals surface area contributed by atoms with Crippen LogP contribution in [-0.2, 0) is 22.2 Å². The number of carbonyl (C=O) groups excluding carboxylic acids is 2. The van der Waals surface area contributed by atoms with E-state index in [1.54, 1.807) is 4.90 Å². The van der Waals surface area contributed by atoms with Gasteiger partial charge in [-0.25, -0.2) is 4.85 Å². The van der Waals surface area contributed by atoms with E-state index in [1.165, 1.54) is 6.07 Å². The molecule has 6 nitrogen and oxygen atoms in total. The fourth-order valence-corrected chi connectivity index (χ4v) is 4.94. The average Bonchev–Trinajstić information content (AvgIpc) is 3.00. The van der Waals surface area contributed by atoms with Gasteiger partial charge in [0, 0.05) is 17.8 Å². The maximum absolute atomic E-state index is 13.5. The van der Waals surface area contributed by atoms with Crippen molar-refractivity contribution >= 4 is 46.2 Å². The number of nitrogens with zero attached hydrogens (tertiary/aromatic N) is 3. The average molecular weight is 487 g/mol. The lowest BCUT2D eigenvalue weighted by Crippen LogP contribution is -2.55. The Bertz CT molecular complexity index is 1200. The topological polar surface area (TPSA) is 71.0 Å². The second-order valence-corrected chi connectivity index (χ2v) is 8.81. The van der Waals surface area contributed by atoms with Gasteiger partial charge in [-0.15, -0.1) is 0 Å². The van der Waals surface area contributed by atoms with Crippen LogP contribution in [-0.4, -0.2) is 22.5 Å². The number of amides is 2. The molecule has 0 unspecified atom stereocenters. The maximum Gasteiger partial charge on any atom is 0.407 e. The highest BCUT2D eigenvalue weighted by Gasteiger charge is 2.59. The Morgan fingerprint density at radius 1 is 1.15 bits per heavy atom. The molecular formula is C24H21F3N4O2S. The van der Waals surface area contributed by atoms with Gasteiger partial charge in [-0.1, -0.05) is 18.2 Å². The fraction of sp³-hybridized carbons (Fsp3) is 0.333. The normalized spacial score (nSPS) is 17.1. The minimum absolute atomic E-state index is 0.00780. The van der Waals surface area contributed by atoms with Crippen LogP contribution < -0.4 is 15.5 Å². The van der Waals surface area contributed by atoms with E-state index >= 15 is 0 Å². The molecule has 0 atom stereocenters. The Balaban J connectivity index is 1.67. The molecule has 10 heteroatoms. The molecule has 1 saturated carbocycles. The zero-order chi connectivity index (χ0) is 24.7. The van der Waals surface area contributed by atoms with Crippen molar-refractivity contribution in [3.63, 3.8) is 0 Å². The first-order chi connectivity index (χ1) is 16.1. The van der Waals surface area contributed by atoms with E-state index in [4.69, 9.17) is 24.5 Å². The number of hydrogen-bond donors (Lipinski definition) is 1. The number of hydrogen-bond acceptors (Lipinski definition) is 3. The summed E-state index contributed by atoms with van der Waals surface area (Å²) in [5.41, 5.74) is 4.28. The molecule has 0 bridgehead atoms. The molecule has 4 rings (SSSR count). The summed E-state index contributed by atoms with van der Waals surface area (Å²) >= 11 is 5.62. The van der Waals surface area contributed by atoms with Crippen LogP contribution in [0.1, 0.15) is 43.2 Å². The predicted molar refractivity (Wildman–Crippen MR) is 125 cm³/mol. The van der Waals surface area contributed by atoms with Gasteiger partial charge in [0.15, 0.2) is 10.8 Å². The van der Waals surface area contributed by atoms with Crippen LogP contribution in [0.15, 0.2) is 42.5 Å². The second-order valence-electron chi connectivity index (χ2n) is 8.44. The SMILES string of the molecule is [C-]#[N+]c1ccc(N2C(=O)C3(CCC3)N(c3ccc(CCCC(N)=O)cc3)C2=S)cc1C(F)(F)F. The summed E-state index contributed by atoms with van der Waals surface area (Å²) in [6.07, 6.45) is -1.29. The number of rotatable bonds is 6. The van der Waals surface area contributed by atoms with E-state index in [0.29, 0.717) is 31.4 Å². The highest BCUT2D eigenvalue weighted by molar-refractivity contribution is 7.81. The van der Waals surface area contributed by atoms with Gasteiger partial charge in [0.25, 0.3) is 5.91 Å². The van der Waals surface area contributed by atoms with Gasteiger partial charge in [-0.2, -0.15) is 13.2 Å². The lowest BCUT2D eigenvalue weighted by atomic mass is 9.75. The summed E-state index contributed by atoms with van der Waals surface area (Å²) in [5, 5.41) is 0.106. The Kier molecular flexibility index (Phi) is 6.08. The smallest absolute Gasteiger partial charge is 0.370 e. The zero-order valence-corrected chi connectivity index (χ0v) is 18.9. The molecule has 1 aliphatic heterocycles. The number of benzene rings is 2. The number of thiocarbonyl (C=S) groups is 1. The van der Waals surface area contributed by atoms with Crippen molar-refractivity contribution in [2.45, 2.75) is 50.2 Å². The van der Waals surface area contributed by atoms with Crippen LogP contribution in [0.5, 0.6) is 0 Å². The summed E-state index contributed by atoms with van der Waals surface area (Å²) in [4.78, 5) is 30.3. The number of alkyl halides is 3. The molecule has 1 spiro atoms. The van der Waals surface area contributed by atoms with E-state index in [1.807, 2.05) is 24.3 Å². The summed E-state index contributed by atoms with van der Waals surface area (Å²) in [7, 11) is 0. The van der Waals surface area contributed by atoms with Crippen LogP contribution in [0.4, 0.5) is 30.2 Å². The molecule has 2 aliphatic rings. The van der Waals surface area contributed by atoms with Gasteiger partial charge in [0.05, 0.1) is 12.1 Å². The van der Waals surface area contributed by atoms with Crippen molar-refractivity contribution in [3.8, 4) is 0 Å². The van der Waals surface area contributed by atoms with E-state index in [2.05, 4.69) is 4.85 Å². The molecule has 2 N–H and O–H groups in total. The molecule has 34 heavy (non-hydrogen) atoms. The fourth-order valence-electron chi connectivity index (χ4n) is 4.47.